The molecule has 1 aromatic heterocycles. The van der Waals surface area contributed by atoms with Gasteiger partial charge in [-0.25, -0.2) is 0 Å². The maximum Gasteiger partial charge on any atom is 0.233 e. The van der Waals surface area contributed by atoms with Gasteiger partial charge in [0, 0.05) is 24.0 Å². The summed E-state index contributed by atoms with van der Waals surface area (Å²) in [7, 11) is 0. The number of hydrogen-bond acceptors (Lipinski definition) is 3. The van der Waals surface area contributed by atoms with Gasteiger partial charge in [-0.05, 0) is 44.9 Å². The molecular weight excluding hydrogens is 276 g/mol. The second kappa shape index (κ2) is 5.43. The van der Waals surface area contributed by atoms with Crippen molar-refractivity contribution in [2.75, 3.05) is 13.1 Å². The summed E-state index contributed by atoms with van der Waals surface area (Å²) in [6.45, 7) is 3.91. The number of para-hydroxylation sites is 1. The molecule has 2 fully saturated rings. The van der Waals surface area contributed by atoms with Gasteiger partial charge in [-0.2, -0.15) is 0 Å². The largest absolute Gasteiger partial charge is 0.460 e. The van der Waals surface area contributed by atoms with Crippen molar-refractivity contribution < 1.29 is 9.21 Å². The molecule has 0 aliphatic carbocycles. The van der Waals surface area contributed by atoms with Crippen molar-refractivity contribution in [3.63, 3.8) is 0 Å². The van der Waals surface area contributed by atoms with E-state index in [1.807, 2.05) is 37.3 Å². The lowest BCUT2D eigenvalue weighted by atomic mass is 10.1. The minimum atomic E-state index is -0.214. The summed E-state index contributed by atoms with van der Waals surface area (Å²) in [5.41, 5.74) is 0.859. The van der Waals surface area contributed by atoms with Gasteiger partial charge in [0.1, 0.15) is 11.3 Å². The fourth-order valence-corrected chi connectivity index (χ4v) is 3.90. The zero-order valence-electron chi connectivity index (χ0n) is 12.9. The summed E-state index contributed by atoms with van der Waals surface area (Å²) in [6.07, 6.45) is 3.33. The van der Waals surface area contributed by atoms with E-state index in [9.17, 15) is 4.79 Å². The predicted molar refractivity (Wildman–Crippen MR) is 85.8 cm³/mol. The van der Waals surface area contributed by atoms with E-state index >= 15 is 0 Å². The Morgan fingerprint density at radius 3 is 2.95 bits per heavy atom. The van der Waals surface area contributed by atoms with Crippen LogP contribution in [0.3, 0.4) is 0 Å². The molecule has 116 valence electrons. The van der Waals surface area contributed by atoms with E-state index in [0.29, 0.717) is 12.1 Å². The molecule has 4 nitrogen and oxygen atoms in total. The smallest absolute Gasteiger partial charge is 0.233 e. The highest BCUT2D eigenvalue weighted by atomic mass is 16.3. The summed E-state index contributed by atoms with van der Waals surface area (Å²) < 4.78 is 5.90. The summed E-state index contributed by atoms with van der Waals surface area (Å²) >= 11 is 0. The molecule has 1 amide bonds. The molecule has 22 heavy (non-hydrogen) atoms. The molecule has 3 heterocycles. The Morgan fingerprint density at radius 2 is 2.09 bits per heavy atom. The molecule has 1 N–H and O–H groups in total. The average molecular weight is 298 g/mol. The Kier molecular flexibility index (Phi) is 3.41. The summed E-state index contributed by atoms with van der Waals surface area (Å²) in [4.78, 5) is 15.2. The Morgan fingerprint density at radius 1 is 1.27 bits per heavy atom. The summed E-state index contributed by atoms with van der Waals surface area (Å²) in [5, 5.41) is 4.51. The van der Waals surface area contributed by atoms with E-state index in [0.717, 1.165) is 49.1 Å². The lowest BCUT2D eigenvalue weighted by Gasteiger charge is -2.30. The van der Waals surface area contributed by atoms with Gasteiger partial charge < -0.3 is 14.6 Å². The topological polar surface area (TPSA) is 45.5 Å². The molecule has 4 rings (SSSR count). The zero-order valence-corrected chi connectivity index (χ0v) is 12.9. The van der Waals surface area contributed by atoms with Crippen molar-refractivity contribution in [1.29, 1.82) is 0 Å². The second-order valence-electron chi connectivity index (χ2n) is 6.53. The molecule has 3 unspecified atom stereocenters. The maximum atomic E-state index is 13.0. The number of benzene rings is 1. The van der Waals surface area contributed by atoms with Gasteiger partial charge in [-0.3, -0.25) is 4.79 Å². The van der Waals surface area contributed by atoms with Gasteiger partial charge in [0.2, 0.25) is 5.91 Å². The van der Waals surface area contributed by atoms with Crippen molar-refractivity contribution >= 4 is 16.9 Å². The van der Waals surface area contributed by atoms with Crippen molar-refractivity contribution in [1.82, 2.24) is 10.2 Å². The van der Waals surface area contributed by atoms with Gasteiger partial charge in [0.05, 0.1) is 5.92 Å². The number of nitrogens with one attached hydrogen (secondary N) is 1. The standard InChI is InChI=1S/C18H22N2O2/c1-12(17-10-13-4-2-3-5-16(13)22-17)18(21)20-14-6-7-15(20)11-19-9-8-14/h2-5,10,12,14-15,19H,6-9,11H2,1H3. The summed E-state index contributed by atoms with van der Waals surface area (Å²) in [5.74, 6) is 0.784. The Hall–Kier alpha value is -1.81. The summed E-state index contributed by atoms with van der Waals surface area (Å²) in [6, 6.07) is 10.7. The normalized spacial score (nSPS) is 26.1. The number of hydrogen-bond donors (Lipinski definition) is 1. The first-order chi connectivity index (χ1) is 10.7. The molecule has 0 radical (unpaired) electrons. The van der Waals surface area contributed by atoms with Crippen LogP contribution in [-0.2, 0) is 4.79 Å². The van der Waals surface area contributed by atoms with Crippen LogP contribution in [0.5, 0.6) is 0 Å². The molecule has 2 aliphatic heterocycles. The van der Waals surface area contributed by atoms with E-state index in [2.05, 4.69) is 10.2 Å². The second-order valence-corrected chi connectivity index (χ2v) is 6.53. The lowest BCUT2D eigenvalue weighted by Crippen LogP contribution is -2.44. The van der Waals surface area contributed by atoms with Crippen LogP contribution in [0.4, 0.5) is 0 Å². The Bertz CT molecular complexity index is 646. The number of amides is 1. The van der Waals surface area contributed by atoms with Crippen molar-refractivity contribution in [3.8, 4) is 0 Å². The van der Waals surface area contributed by atoms with Crippen molar-refractivity contribution in [3.05, 3.63) is 36.1 Å². The first-order valence-electron chi connectivity index (χ1n) is 8.25. The first kappa shape index (κ1) is 13.8. The zero-order chi connectivity index (χ0) is 15.1. The number of carbonyl (C=O) groups is 1. The first-order valence-corrected chi connectivity index (χ1v) is 8.25. The molecule has 0 spiro atoms. The molecule has 1 aromatic carbocycles. The van der Waals surface area contributed by atoms with Crippen LogP contribution >= 0.6 is 0 Å². The highest BCUT2D eigenvalue weighted by Crippen LogP contribution is 2.33. The third-order valence-electron chi connectivity index (χ3n) is 5.15. The number of rotatable bonds is 2. The molecule has 0 saturated carbocycles. The van der Waals surface area contributed by atoms with Crippen LogP contribution in [0.2, 0.25) is 0 Å². The van der Waals surface area contributed by atoms with Crippen LogP contribution in [0.1, 0.15) is 37.9 Å². The average Bonchev–Trinajstić information content (AvgIpc) is 3.05. The molecular formula is C18H22N2O2. The van der Waals surface area contributed by atoms with Crippen LogP contribution < -0.4 is 5.32 Å². The number of fused-ring (bicyclic) bond motifs is 3. The highest BCUT2D eigenvalue weighted by molar-refractivity contribution is 5.86. The van der Waals surface area contributed by atoms with Crippen molar-refractivity contribution in [2.24, 2.45) is 0 Å². The van der Waals surface area contributed by atoms with E-state index < -0.39 is 0 Å². The Balaban J connectivity index is 1.61. The molecule has 3 atom stereocenters. The fraction of sp³-hybridized carbons (Fsp3) is 0.500. The van der Waals surface area contributed by atoms with Crippen LogP contribution in [0, 0.1) is 0 Å². The van der Waals surface area contributed by atoms with E-state index in [-0.39, 0.29) is 11.8 Å². The third-order valence-corrected chi connectivity index (χ3v) is 5.15. The molecule has 2 aliphatic rings. The van der Waals surface area contributed by atoms with Crippen LogP contribution in [0.25, 0.3) is 11.0 Å². The van der Waals surface area contributed by atoms with Crippen LogP contribution in [-0.4, -0.2) is 36.0 Å². The van der Waals surface area contributed by atoms with Gasteiger partial charge in [-0.1, -0.05) is 18.2 Å². The predicted octanol–water partition coefficient (Wildman–Crippen LogP) is 2.89. The fourth-order valence-electron chi connectivity index (χ4n) is 3.90. The van der Waals surface area contributed by atoms with Gasteiger partial charge >= 0.3 is 0 Å². The van der Waals surface area contributed by atoms with E-state index in [1.165, 1.54) is 0 Å². The molecule has 2 saturated heterocycles. The van der Waals surface area contributed by atoms with E-state index in [4.69, 9.17) is 4.42 Å². The quantitative estimate of drug-likeness (QED) is 0.927. The van der Waals surface area contributed by atoms with Gasteiger partial charge in [0.25, 0.3) is 0 Å². The van der Waals surface area contributed by atoms with Gasteiger partial charge in [0.15, 0.2) is 0 Å². The monoisotopic (exact) mass is 298 g/mol. The van der Waals surface area contributed by atoms with E-state index in [1.54, 1.807) is 0 Å². The molecule has 2 bridgehead atoms. The molecule has 2 aromatic rings. The minimum absolute atomic E-state index is 0.214. The lowest BCUT2D eigenvalue weighted by molar-refractivity contribution is -0.135. The SMILES string of the molecule is CC(C(=O)N1C2CCNCC1CC2)c1cc2ccccc2o1. The number of nitrogens with zero attached hydrogens (tertiary/aromatic N) is 1. The molecule has 4 heteroatoms. The Labute approximate surface area is 130 Å². The highest BCUT2D eigenvalue weighted by Gasteiger charge is 2.40. The number of furan rings is 1. The maximum absolute atomic E-state index is 13.0. The third kappa shape index (κ3) is 2.22. The van der Waals surface area contributed by atoms with Crippen molar-refractivity contribution in [2.45, 2.75) is 44.2 Å². The van der Waals surface area contributed by atoms with Crippen LogP contribution in [0.15, 0.2) is 34.7 Å². The minimum Gasteiger partial charge on any atom is -0.460 e. The number of carbonyl (C=O) groups excluding carboxylic acids is 1. The van der Waals surface area contributed by atoms with Gasteiger partial charge in [-0.15, -0.1) is 0 Å².